The van der Waals surface area contributed by atoms with E-state index >= 15 is 0 Å². The van der Waals surface area contributed by atoms with Gasteiger partial charge >= 0.3 is 0 Å². The summed E-state index contributed by atoms with van der Waals surface area (Å²) in [6.45, 7) is 0. The molecule has 4 rings (SSSR count). The molecule has 3 heterocycles. The number of halogens is 2. The lowest BCUT2D eigenvalue weighted by Gasteiger charge is -2.04. The topological polar surface area (TPSA) is 52.3 Å². The van der Waals surface area contributed by atoms with Crippen molar-refractivity contribution in [3.05, 3.63) is 51.5 Å². The molecule has 4 aromatic rings. The van der Waals surface area contributed by atoms with Gasteiger partial charge in [-0.1, -0.05) is 27.5 Å². The zero-order valence-electron chi connectivity index (χ0n) is 12.4. The third kappa shape index (κ3) is 2.58. The molecule has 0 saturated carbocycles. The highest BCUT2D eigenvalue weighted by Gasteiger charge is 2.16. The highest BCUT2D eigenvalue weighted by atomic mass is 79.9. The first-order valence-electron chi connectivity index (χ1n) is 6.95. The van der Waals surface area contributed by atoms with E-state index in [1.54, 1.807) is 24.0 Å². The molecule has 0 spiro atoms. The van der Waals surface area contributed by atoms with Crippen LogP contribution in [0.4, 0.5) is 0 Å². The van der Waals surface area contributed by atoms with Crippen LogP contribution in [0.25, 0.3) is 27.6 Å². The molecule has 120 valence electrons. The number of aromatic nitrogens is 4. The van der Waals surface area contributed by atoms with Crippen molar-refractivity contribution in [3.63, 3.8) is 0 Å². The molecule has 24 heavy (non-hydrogen) atoms. The zero-order chi connectivity index (χ0) is 16.7. The molecule has 0 radical (unpaired) electrons. The Morgan fingerprint density at radius 3 is 2.92 bits per heavy atom. The third-order valence-electron chi connectivity index (χ3n) is 3.54. The quantitative estimate of drug-likeness (QED) is 0.470. The molecule has 0 bridgehead atoms. The fraction of sp³-hybridized carbons (Fsp3) is 0.0625. The fourth-order valence-electron chi connectivity index (χ4n) is 2.37. The number of fused-ring (bicyclic) bond motifs is 1. The molecule has 0 aliphatic rings. The average molecular weight is 422 g/mol. The van der Waals surface area contributed by atoms with Gasteiger partial charge in [0.05, 0.1) is 17.8 Å². The van der Waals surface area contributed by atoms with Gasteiger partial charge in [0.15, 0.2) is 5.82 Å². The lowest BCUT2D eigenvalue weighted by atomic mass is 10.2. The van der Waals surface area contributed by atoms with Gasteiger partial charge in [0.1, 0.15) is 5.75 Å². The van der Waals surface area contributed by atoms with Gasteiger partial charge in [0, 0.05) is 33.4 Å². The molecule has 5 nitrogen and oxygen atoms in total. The number of methoxy groups -OCH3 is 1. The summed E-state index contributed by atoms with van der Waals surface area (Å²) in [6.07, 6.45) is 3.33. The molecule has 0 saturated heterocycles. The zero-order valence-corrected chi connectivity index (χ0v) is 15.6. The standard InChI is InChI=1S/C16H10BrClN4OS/c1-23-9-2-3-12(17)11(6-9)15-20-16-22(21-15)14(8-24-16)10-4-5-19-7-13(10)18/h2-8H,1H3. The molecule has 8 heteroatoms. The second-order valence-electron chi connectivity index (χ2n) is 4.95. The first kappa shape index (κ1) is 15.6. The predicted molar refractivity (Wildman–Crippen MR) is 98.8 cm³/mol. The van der Waals surface area contributed by atoms with Crippen LogP contribution in [0, 0.1) is 0 Å². The fourth-order valence-corrected chi connectivity index (χ4v) is 3.83. The van der Waals surface area contributed by atoms with Gasteiger partial charge in [-0.25, -0.2) is 4.52 Å². The lowest BCUT2D eigenvalue weighted by Crippen LogP contribution is -1.91. The summed E-state index contributed by atoms with van der Waals surface area (Å²) in [6, 6.07) is 7.58. The van der Waals surface area contributed by atoms with Crippen LogP contribution in [0.5, 0.6) is 5.75 Å². The highest BCUT2D eigenvalue weighted by molar-refractivity contribution is 9.10. The van der Waals surface area contributed by atoms with Crippen LogP contribution in [0.2, 0.25) is 5.02 Å². The molecule has 1 aromatic carbocycles. The Labute approximate surface area is 155 Å². The maximum Gasteiger partial charge on any atom is 0.213 e. The number of hydrogen-bond donors (Lipinski definition) is 0. The van der Waals surface area contributed by atoms with E-state index in [1.165, 1.54) is 11.3 Å². The molecule has 0 aliphatic heterocycles. The van der Waals surface area contributed by atoms with Crippen LogP contribution >= 0.6 is 38.9 Å². The Morgan fingerprint density at radius 2 is 2.12 bits per heavy atom. The van der Waals surface area contributed by atoms with Crippen molar-refractivity contribution < 1.29 is 4.74 Å². The van der Waals surface area contributed by atoms with Gasteiger partial charge in [-0.05, 0) is 24.3 Å². The van der Waals surface area contributed by atoms with Crippen LogP contribution in [-0.4, -0.2) is 26.7 Å². The van der Waals surface area contributed by atoms with Crippen molar-refractivity contribution in [1.29, 1.82) is 0 Å². The Hall–Kier alpha value is -1.96. The average Bonchev–Trinajstić information content (AvgIpc) is 3.16. The number of nitrogens with zero attached hydrogens (tertiary/aromatic N) is 4. The van der Waals surface area contributed by atoms with Crippen molar-refractivity contribution in [2.45, 2.75) is 0 Å². The molecule has 0 atom stereocenters. The van der Waals surface area contributed by atoms with E-state index < -0.39 is 0 Å². The van der Waals surface area contributed by atoms with Gasteiger partial charge < -0.3 is 4.74 Å². The van der Waals surface area contributed by atoms with E-state index in [1.807, 2.05) is 29.6 Å². The number of ether oxygens (including phenoxy) is 1. The Kier molecular flexibility index (Phi) is 3.99. The smallest absolute Gasteiger partial charge is 0.213 e. The third-order valence-corrected chi connectivity index (χ3v) is 5.35. The van der Waals surface area contributed by atoms with E-state index in [9.17, 15) is 0 Å². The van der Waals surface area contributed by atoms with Crippen LogP contribution in [-0.2, 0) is 0 Å². The van der Waals surface area contributed by atoms with Crippen molar-refractivity contribution in [3.8, 4) is 28.4 Å². The van der Waals surface area contributed by atoms with E-state index in [-0.39, 0.29) is 0 Å². The van der Waals surface area contributed by atoms with Crippen molar-refractivity contribution in [2.24, 2.45) is 0 Å². The summed E-state index contributed by atoms with van der Waals surface area (Å²) in [4.78, 5) is 9.44. The van der Waals surface area contributed by atoms with Gasteiger partial charge in [0.2, 0.25) is 4.96 Å². The van der Waals surface area contributed by atoms with Crippen LogP contribution < -0.4 is 4.74 Å². The largest absolute Gasteiger partial charge is 0.497 e. The molecule has 0 unspecified atom stereocenters. The predicted octanol–water partition coefficient (Wildman–Crippen LogP) is 4.94. The number of pyridine rings is 1. The van der Waals surface area contributed by atoms with E-state index in [0.29, 0.717) is 10.8 Å². The van der Waals surface area contributed by atoms with Crippen molar-refractivity contribution in [2.75, 3.05) is 7.11 Å². The van der Waals surface area contributed by atoms with Gasteiger partial charge in [0.25, 0.3) is 0 Å². The summed E-state index contributed by atoms with van der Waals surface area (Å²) < 4.78 is 8.00. The maximum atomic E-state index is 6.26. The van der Waals surface area contributed by atoms with Crippen molar-refractivity contribution >= 4 is 43.8 Å². The van der Waals surface area contributed by atoms with E-state index in [4.69, 9.17) is 16.3 Å². The van der Waals surface area contributed by atoms with Crippen molar-refractivity contribution in [1.82, 2.24) is 19.6 Å². The Bertz CT molecular complexity index is 1050. The second kappa shape index (κ2) is 6.16. The normalized spacial score (nSPS) is 11.1. The number of benzene rings is 1. The second-order valence-corrected chi connectivity index (χ2v) is 7.05. The number of hydrogen-bond acceptors (Lipinski definition) is 5. The molecular formula is C16H10BrClN4OS. The summed E-state index contributed by atoms with van der Waals surface area (Å²) in [5, 5.41) is 7.22. The monoisotopic (exact) mass is 420 g/mol. The number of thiazole rings is 1. The van der Waals surface area contributed by atoms with Crippen LogP contribution in [0.3, 0.4) is 0 Å². The molecular weight excluding hydrogens is 412 g/mol. The maximum absolute atomic E-state index is 6.26. The van der Waals surface area contributed by atoms with Crippen LogP contribution in [0.15, 0.2) is 46.5 Å². The SMILES string of the molecule is COc1ccc(Br)c(-c2nc3scc(-c4ccncc4Cl)n3n2)c1. The van der Waals surface area contributed by atoms with E-state index in [2.05, 4.69) is 31.0 Å². The van der Waals surface area contributed by atoms with Crippen LogP contribution in [0.1, 0.15) is 0 Å². The molecule has 0 amide bonds. The van der Waals surface area contributed by atoms with Gasteiger partial charge in [-0.3, -0.25) is 4.98 Å². The Balaban J connectivity index is 1.88. The summed E-state index contributed by atoms with van der Waals surface area (Å²) >= 11 is 11.3. The first-order chi connectivity index (χ1) is 11.7. The first-order valence-corrected chi connectivity index (χ1v) is 9.00. The van der Waals surface area contributed by atoms with Gasteiger partial charge in [-0.15, -0.1) is 16.4 Å². The summed E-state index contributed by atoms with van der Waals surface area (Å²) in [7, 11) is 1.63. The Morgan fingerprint density at radius 1 is 1.25 bits per heavy atom. The molecule has 0 fully saturated rings. The summed E-state index contributed by atoms with van der Waals surface area (Å²) in [5.74, 6) is 1.38. The summed E-state index contributed by atoms with van der Waals surface area (Å²) in [5.41, 5.74) is 2.64. The molecule has 3 aromatic heterocycles. The molecule has 0 N–H and O–H groups in total. The van der Waals surface area contributed by atoms with Gasteiger partial charge in [-0.2, -0.15) is 4.98 Å². The van der Waals surface area contributed by atoms with E-state index in [0.717, 1.165) is 32.0 Å². The minimum atomic E-state index is 0.580. The lowest BCUT2D eigenvalue weighted by molar-refractivity contribution is 0.415. The minimum absolute atomic E-state index is 0.580. The highest BCUT2D eigenvalue weighted by Crippen LogP contribution is 2.34. The minimum Gasteiger partial charge on any atom is -0.497 e. The molecule has 0 aliphatic carbocycles. The number of rotatable bonds is 3.